The topological polar surface area (TPSA) is 103 Å². The van der Waals surface area contributed by atoms with E-state index >= 15 is 0 Å². The highest BCUT2D eigenvalue weighted by molar-refractivity contribution is 5.94. The van der Waals surface area contributed by atoms with Crippen LogP contribution >= 0.6 is 0 Å². The van der Waals surface area contributed by atoms with Gasteiger partial charge in [0.25, 0.3) is 5.91 Å². The number of methoxy groups -OCH3 is 1. The van der Waals surface area contributed by atoms with E-state index < -0.39 is 11.9 Å². The summed E-state index contributed by atoms with van der Waals surface area (Å²) in [7, 11) is 1.57. The molecule has 36 heavy (non-hydrogen) atoms. The van der Waals surface area contributed by atoms with Gasteiger partial charge in [-0.05, 0) is 73.9 Å². The molecule has 0 aromatic heterocycles. The number of ether oxygens (including phenoxy) is 3. The predicted octanol–water partition coefficient (Wildman–Crippen LogP) is 5.40. The summed E-state index contributed by atoms with van der Waals surface area (Å²) in [5.41, 5.74) is 3.31. The van der Waals surface area contributed by atoms with Crippen LogP contribution in [0.2, 0.25) is 0 Å². The minimum atomic E-state index is -0.531. The van der Waals surface area contributed by atoms with Crippen molar-refractivity contribution in [3.8, 4) is 17.2 Å². The number of aryl methyl sites for hydroxylation is 1. The molecule has 8 nitrogen and oxygen atoms in total. The third kappa shape index (κ3) is 7.87. The zero-order valence-corrected chi connectivity index (χ0v) is 20.6. The number of carbonyl (C=O) groups is 3. The molecule has 0 radical (unpaired) electrons. The van der Waals surface area contributed by atoms with Crippen molar-refractivity contribution in [3.63, 3.8) is 0 Å². The number of hydrogen-bond acceptors (Lipinski definition) is 6. The number of anilines is 2. The lowest BCUT2D eigenvalue weighted by Gasteiger charge is -2.11. The lowest BCUT2D eigenvalue weighted by molar-refractivity contribution is -0.147. The Bertz CT molecular complexity index is 1210. The van der Waals surface area contributed by atoms with E-state index in [9.17, 15) is 14.4 Å². The molecule has 0 unspecified atom stereocenters. The first-order chi connectivity index (χ1) is 17.4. The van der Waals surface area contributed by atoms with Crippen LogP contribution in [0.1, 0.15) is 30.4 Å². The van der Waals surface area contributed by atoms with E-state index in [-0.39, 0.29) is 25.4 Å². The summed E-state index contributed by atoms with van der Waals surface area (Å²) in [6.45, 7) is 3.49. The fraction of sp³-hybridized carbons (Fsp3) is 0.250. The van der Waals surface area contributed by atoms with Crippen LogP contribution in [-0.2, 0) is 19.1 Å². The fourth-order valence-corrected chi connectivity index (χ4v) is 3.34. The maximum atomic E-state index is 12.2. The molecule has 0 saturated heterocycles. The van der Waals surface area contributed by atoms with E-state index in [4.69, 9.17) is 14.2 Å². The maximum absolute atomic E-state index is 12.2. The van der Waals surface area contributed by atoms with Crippen molar-refractivity contribution in [1.82, 2.24) is 0 Å². The van der Waals surface area contributed by atoms with Crippen molar-refractivity contribution in [2.75, 3.05) is 24.4 Å². The molecule has 0 aliphatic carbocycles. The number of esters is 1. The lowest BCUT2D eigenvalue weighted by atomic mass is 10.1. The average molecular weight is 491 g/mol. The largest absolute Gasteiger partial charge is 0.493 e. The van der Waals surface area contributed by atoms with Crippen molar-refractivity contribution in [2.24, 2.45) is 0 Å². The number of nitrogens with one attached hydrogen (secondary N) is 2. The molecule has 3 rings (SSSR count). The van der Waals surface area contributed by atoms with Crippen LogP contribution in [0.3, 0.4) is 0 Å². The molecule has 0 fully saturated rings. The van der Waals surface area contributed by atoms with E-state index in [0.29, 0.717) is 35.0 Å². The Morgan fingerprint density at radius 1 is 0.778 bits per heavy atom. The molecule has 0 atom stereocenters. The van der Waals surface area contributed by atoms with Gasteiger partial charge in [-0.3, -0.25) is 14.4 Å². The highest BCUT2D eigenvalue weighted by Gasteiger charge is 2.11. The van der Waals surface area contributed by atoms with Gasteiger partial charge in [0.05, 0.1) is 7.11 Å². The molecule has 0 saturated carbocycles. The first kappa shape index (κ1) is 26.3. The molecule has 3 aromatic carbocycles. The molecular formula is C28H30N2O6. The first-order valence-electron chi connectivity index (χ1n) is 11.6. The Hall–Kier alpha value is -4.33. The van der Waals surface area contributed by atoms with Gasteiger partial charge in [-0.2, -0.15) is 0 Å². The second-order valence-corrected chi connectivity index (χ2v) is 8.14. The summed E-state index contributed by atoms with van der Waals surface area (Å²) >= 11 is 0. The first-order valence-corrected chi connectivity index (χ1v) is 11.6. The molecule has 0 aliphatic heterocycles. The summed E-state index contributed by atoms with van der Waals surface area (Å²) in [5, 5.41) is 5.52. The third-order valence-electron chi connectivity index (χ3n) is 5.46. The number of hydrogen-bond donors (Lipinski definition) is 2. The standard InChI is InChI=1S/C28H30N2O6/c1-19-8-6-9-23(20(19)2)30-27(32)18-35-28(33)13-7-12-26(31)29-21-14-16-22(17-15-21)36-25-11-5-4-10-24(25)34-3/h4-6,8-11,14-17H,7,12-13,18H2,1-3H3,(H,29,31)(H,30,32). The highest BCUT2D eigenvalue weighted by atomic mass is 16.5. The molecular weight excluding hydrogens is 460 g/mol. The summed E-state index contributed by atoms with van der Waals surface area (Å²) in [6, 6.07) is 19.8. The van der Waals surface area contributed by atoms with Crippen LogP contribution in [0.5, 0.6) is 17.2 Å². The third-order valence-corrected chi connectivity index (χ3v) is 5.46. The number of benzene rings is 3. The Balaban J connectivity index is 1.35. The fourth-order valence-electron chi connectivity index (χ4n) is 3.34. The average Bonchev–Trinajstić information content (AvgIpc) is 2.87. The normalized spacial score (nSPS) is 10.3. The van der Waals surface area contributed by atoms with Crippen molar-refractivity contribution < 1.29 is 28.6 Å². The highest BCUT2D eigenvalue weighted by Crippen LogP contribution is 2.31. The van der Waals surface area contributed by atoms with Gasteiger partial charge in [0.2, 0.25) is 5.91 Å². The van der Waals surface area contributed by atoms with Crippen LogP contribution in [0.4, 0.5) is 11.4 Å². The summed E-state index contributed by atoms with van der Waals surface area (Å²) in [4.78, 5) is 36.2. The molecule has 0 spiro atoms. The van der Waals surface area contributed by atoms with Crippen molar-refractivity contribution in [3.05, 3.63) is 77.9 Å². The molecule has 3 aromatic rings. The zero-order chi connectivity index (χ0) is 25.9. The predicted molar refractivity (Wildman–Crippen MR) is 137 cm³/mol. The molecule has 8 heteroatoms. The molecule has 0 aliphatic rings. The second-order valence-electron chi connectivity index (χ2n) is 8.14. The van der Waals surface area contributed by atoms with E-state index in [2.05, 4.69) is 10.6 Å². The van der Waals surface area contributed by atoms with Gasteiger partial charge in [-0.25, -0.2) is 0 Å². The van der Waals surface area contributed by atoms with E-state index in [1.165, 1.54) is 0 Å². The minimum absolute atomic E-state index is 0.0376. The van der Waals surface area contributed by atoms with E-state index in [1.54, 1.807) is 49.6 Å². The van der Waals surface area contributed by atoms with E-state index in [1.807, 2.05) is 38.1 Å². The number of para-hydroxylation sites is 2. The molecule has 188 valence electrons. The van der Waals surface area contributed by atoms with Gasteiger partial charge in [0.1, 0.15) is 5.75 Å². The van der Waals surface area contributed by atoms with Crippen LogP contribution in [0.25, 0.3) is 0 Å². The molecule has 0 heterocycles. The van der Waals surface area contributed by atoms with Gasteiger partial charge in [-0.1, -0.05) is 24.3 Å². The van der Waals surface area contributed by atoms with Gasteiger partial charge in [0.15, 0.2) is 18.1 Å². The zero-order valence-electron chi connectivity index (χ0n) is 20.6. The minimum Gasteiger partial charge on any atom is -0.493 e. The van der Waals surface area contributed by atoms with Crippen LogP contribution in [0.15, 0.2) is 66.7 Å². The second kappa shape index (κ2) is 12.9. The SMILES string of the molecule is COc1ccccc1Oc1ccc(NC(=O)CCCC(=O)OCC(=O)Nc2cccc(C)c2C)cc1. The van der Waals surface area contributed by atoms with Gasteiger partial charge >= 0.3 is 5.97 Å². The van der Waals surface area contributed by atoms with Gasteiger partial charge in [-0.15, -0.1) is 0 Å². The summed E-state index contributed by atoms with van der Waals surface area (Å²) < 4.78 is 16.1. The monoisotopic (exact) mass is 490 g/mol. The number of amides is 2. The smallest absolute Gasteiger partial charge is 0.306 e. The number of carbonyl (C=O) groups excluding carboxylic acids is 3. The quantitative estimate of drug-likeness (QED) is 0.349. The lowest BCUT2D eigenvalue weighted by Crippen LogP contribution is -2.21. The Morgan fingerprint density at radius 3 is 2.22 bits per heavy atom. The van der Waals surface area contributed by atoms with E-state index in [0.717, 1.165) is 11.1 Å². The summed E-state index contributed by atoms with van der Waals surface area (Å²) in [6.07, 6.45) is 0.484. The van der Waals surface area contributed by atoms with Crippen LogP contribution in [-0.4, -0.2) is 31.5 Å². The van der Waals surface area contributed by atoms with Crippen LogP contribution < -0.4 is 20.1 Å². The Labute approximate surface area is 210 Å². The number of rotatable bonds is 11. The Kier molecular flexibility index (Phi) is 9.45. The van der Waals surface area contributed by atoms with Crippen molar-refractivity contribution in [1.29, 1.82) is 0 Å². The van der Waals surface area contributed by atoms with Gasteiger partial charge in [0, 0.05) is 24.2 Å². The molecule has 0 bridgehead atoms. The van der Waals surface area contributed by atoms with Crippen molar-refractivity contribution in [2.45, 2.75) is 33.1 Å². The van der Waals surface area contributed by atoms with Crippen molar-refractivity contribution >= 4 is 29.2 Å². The molecule has 2 amide bonds. The maximum Gasteiger partial charge on any atom is 0.306 e. The Morgan fingerprint density at radius 2 is 1.50 bits per heavy atom. The van der Waals surface area contributed by atoms with Gasteiger partial charge < -0.3 is 24.8 Å². The van der Waals surface area contributed by atoms with Crippen LogP contribution in [0, 0.1) is 13.8 Å². The molecule has 2 N–H and O–H groups in total. The summed E-state index contributed by atoms with van der Waals surface area (Å²) in [5.74, 6) is 0.641.